The molecule has 3 aliphatic heterocycles. The zero-order valence-corrected chi connectivity index (χ0v) is 18.2. The van der Waals surface area contributed by atoms with Gasteiger partial charge in [0.15, 0.2) is 5.78 Å². The molecule has 0 aliphatic carbocycles. The Morgan fingerprint density at radius 2 is 1.66 bits per heavy atom. The highest BCUT2D eigenvalue weighted by atomic mass is 16.6. The summed E-state index contributed by atoms with van der Waals surface area (Å²) in [6.07, 6.45) is 5.98. The summed E-state index contributed by atoms with van der Waals surface area (Å²) >= 11 is 0. The van der Waals surface area contributed by atoms with E-state index in [0.29, 0.717) is 28.6 Å². The first-order chi connectivity index (χ1) is 15.6. The predicted molar refractivity (Wildman–Crippen MR) is 125 cm³/mol. The molecular formula is C25H28N4O3. The maximum atomic E-state index is 12.2. The van der Waals surface area contributed by atoms with E-state index >= 15 is 0 Å². The third-order valence-electron chi connectivity index (χ3n) is 7.02. The minimum atomic E-state index is -0.296. The lowest BCUT2D eigenvalue weighted by Crippen LogP contribution is -2.46. The minimum absolute atomic E-state index is 0.0213. The number of fused-ring (bicyclic) bond motifs is 1. The average molecular weight is 433 g/mol. The summed E-state index contributed by atoms with van der Waals surface area (Å²) in [5.74, 6) is -0.0213. The molecule has 0 aromatic heterocycles. The molecular weight excluding hydrogens is 404 g/mol. The van der Waals surface area contributed by atoms with E-state index in [1.807, 2.05) is 30.3 Å². The lowest BCUT2D eigenvalue weighted by Gasteiger charge is -2.40. The van der Waals surface area contributed by atoms with Crippen LogP contribution in [0.4, 0.5) is 11.4 Å². The molecule has 2 fully saturated rings. The van der Waals surface area contributed by atoms with E-state index in [-0.39, 0.29) is 22.9 Å². The molecule has 2 saturated heterocycles. The van der Waals surface area contributed by atoms with Crippen molar-refractivity contribution in [3.63, 3.8) is 0 Å². The molecule has 5 rings (SSSR count). The zero-order valence-electron chi connectivity index (χ0n) is 18.2. The van der Waals surface area contributed by atoms with E-state index in [0.717, 1.165) is 31.5 Å². The van der Waals surface area contributed by atoms with Crippen molar-refractivity contribution in [3.8, 4) is 0 Å². The van der Waals surface area contributed by atoms with Crippen LogP contribution < -0.4 is 4.90 Å². The fourth-order valence-corrected chi connectivity index (χ4v) is 5.34. The van der Waals surface area contributed by atoms with Gasteiger partial charge in [0.05, 0.1) is 10.6 Å². The van der Waals surface area contributed by atoms with Crippen molar-refractivity contribution < 1.29 is 9.72 Å². The molecule has 0 spiro atoms. The number of nitro groups is 1. The Kier molecular flexibility index (Phi) is 5.74. The highest BCUT2D eigenvalue weighted by Crippen LogP contribution is 2.34. The van der Waals surface area contributed by atoms with Crippen molar-refractivity contribution in [1.29, 1.82) is 0 Å². The third-order valence-corrected chi connectivity index (χ3v) is 7.02. The van der Waals surface area contributed by atoms with Gasteiger partial charge in [0, 0.05) is 41.9 Å². The number of carbonyl (C=O) groups is 1. The Morgan fingerprint density at radius 3 is 2.38 bits per heavy atom. The van der Waals surface area contributed by atoms with Crippen molar-refractivity contribution in [1.82, 2.24) is 4.90 Å². The number of hydrogen-bond donors (Lipinski definition) is 0. The van der Waals surface area contributed by atoms with Gasteiger partial charge >= 0.3 is 0 Å². The summed E-state index contributed by atoms with van der Waals surface area (Å²) in [5, 5.41) is 12.0. The van der Waals surface area contributed by atoms with E-state index in [1.165, 1.54) is 32.4 Å². The molecule has 3 heterocycles. The largest absolute Gasteiger partial charge is 0.366 e. The fraction of sp³-hybridized carbons (Fsp3) is 0.440. The molecule has 32 heavy (non-hydrogen) atoms. The van der Waals surface area contributed by atoms with Gasteiger partial charge in [-0.3, -0.25) is 19.9 Å². The first kappa shape index (κ1) is 20.8. The number of carbonyl (C=O) groups excluding carboxylic acids is 1. The van der Waals surface area contributed by atoms with Crippen LogP contribution in [0, 0.1) is 10.1 Å². The number of rotatable bonds is 4. The number of hydrogen-bond acceptors (Lipinski definition) is 6. The Bertz CT molecular complexity index is 1070. The standard InChI is InChI=1S/C25H28N4O3/c30-24-17-26-25(21-7-3-2-6-20(21)24)18-8-9-22(23(16-18)29(31)32)28-14-10-19(11-15-28)27-12-4-1-5-13-27/h2-3,6-9,16,19H,1,4-5,10-15,17H2. The van der Waals surface area contributed by atoms with Crippen molar-refractivity contribution in [2.75, 3.05) is 37.6 Å². The summed E-state index contributed by atoms with van der Waals surface area (Å²) < 4.78 is 0. The van der Waals surface area contributed by atoms with Crippen molar-refractivity contribution >= 4 is 22.9 Å². The van der Waals surface area contributed by atoms with Crippen LogP contribution in [-0.2, 0) is 0 Å². The number of benzene rings is 2. The van der Waals surface area contributed by atoms with Gasteiger partial charge in [0.2, 0.25) is 0 Å². The van der Waals surface area contributed by atoms with Gasteiger partial charge in [0.1, 0.15) is 12.2 Å². The van der Waals surface area contributed by atoms with Crippen LogP contribution in [0.15, 0.2) is 47.5 Å². The quantitative estimate of drug-likeness (QED) is 0.537. The number of ketones is 1. The topological polar surface area (TPSA) is 79.0 Å². The molecule has 0 amide bonds. The monoisotopic (exact) mass is 432 g/mol. The summed E-state index contributed by atoms with van der Waals surface area (Å²) in [6, 6.07) is 13.3. The molecule has 7 heteroatoms. The second kappa shape index (κ2) is 8.82. The summed E-state index contributed by atoms with van der Waals surface area (Å²) in [5.41, 5.74) is 3.49. The van der Waals surface area contributed by atoms with Crippen LogP contribution in [0.2, 0.25) is 0 Å². The van der Waals surface area contributed by atoms with Gasteiger partial charge < -0.3 is 9.80 Å². The third kappa shape index (κ3) is 3.93. The Labute approximate surface area is 187 Å². The lowest BCUT2D eigenvalue weighted by atomic mass is 9.92. The lowest BCUT2D eigenvalue weighted by molar-refractivity contribution is -0.384. The van der Waals surface area contributed by atoms with E-state index in [9.17, 15) is 14.9 Å². The van der Waals surface area contributed by atoms with Crippen molar-refractivity contribution in [2.45, 2.75) is 38.1 Å². The Balaban J connectivity index is 1.39. The number of nitrogens with zero attached hydrogens (tertiary/aromatic N) is 4. The smallest absolute Gasteiger partial charge is 0.293 e. The Hall–Kier alpha value is -3.06. The molecule has 2 aromatic rings. The fourth-order valence-electron chi connectivity index (χ4n) is 5.34. The van der Waals surface area contributed by atoms with Gasteiger partial charge in [0.25, 0.3) is 5.69 Å². The molecule has 0 radical (unpaired) electrons. The van der Waals surface area contributed by atoms with E-state index < -0.39 is 0 Å². The Morgan fingerprint density at radius 1 is 0.938 bits per heavy atom. The van der Waals surface area contributed by atoms with Crippen LogP contribution in [-0.4, -0.2) is 60.1 Å². The number of likely N-dealkylation sites (tertiary alicyclic amines) is 1. The normalized spacial score (nSPS) is 20.1. The molecule has 0 bridgehead atoms. The van der Waals surface area contributed by atoms with E-state index in [2.05, 4.69) is 14.8 Å². The van der Waals surface area contributed by atoms with Crippen LogP contribution in [0.5, 0.6) is 0 Å². The molecule has 0 N–H and O–H groups in total. The maximum Gasteiger partial charge on any atom is 0.293 e. The first-order valence-electron chi connectivity index (χ1n) is 11.6. The number of anilines is 1. The van der Waals surface area contributed by atoms with E-state index in [1.54, 1.807) is 12.1 Å². The number of aliphatic imine (C=N–C) groups is 1. The summed E-state index contributed by atoms with van der Waals surface area (Å²) in [7, 11) is 0. The molecule has 3 aliphatic rings. The molecule has 0 saturated carbocycles. The average Bonchev–Trinajstić information content (AvgIpc) is 2.85. The van der Waals surface area contributed by atoms with Crippen LogP contribution >= 0.6 is 0 Å². The number of Topliss-reactive ketones (excluding diaryl/α,β-unsaturated/α-hetero) is 1. The molecule has 0 atom stereocenters. The summed E-state index contributed by atoms with van der Waals surface area (Å²) in [6.45, 7) is 4.11. The maximum absolute atomic E-state index is 12.2. The number of nitro benzene ring substituents is 1. The highest BCUT2D eigenvalue weighted by molar-refractivity contribution is 6.22. The van der Waals surface area contributed by atoms with Gasteiger partial charge in [-0.05, 0) is 44.8 Å². The van der Waals surface area contributed by atoms with Gasteiger partial charge in [-0.15, -0.1) is 0 Å². The van der Waals surface area contributed by atoms with Crippen molar-refractivity contribution in [2.24, 2.45) is 4.99 Å². The van der Waals surface area contributed by atoms with Crippen LogP contribution in [0.1, 0.15) is 53.6 Å². The second-order valence-electron chi connectivity index (χ2n) is 8.91. The molecule has 7 nitrogen and oxygen atoms in total. The molecule has 0 unspecified atom stereocenters. The predicted octanol–water partition coefficient (Wildman–Crippen LogP) is 4.08. The number of piperidine rings is 2. The summed E-state index contributed by atoms with van der Waals surface area (Å²) in [4.78, 5) is 33.1. The zero-order chi connectivity index (χ0) is 22.1. The van der Waals surface area contributed by atoms with E-state index in [4.69, 9.17) is 0 Å². The van der Waals surface area contributed by atoms with Crippen LogP contribution in [0.25, 0.3) is 0 Å². The van der Waals surface area contributed by atoms with Gasteiger partial charge in [-0.1, -0.05) is 36.8 Å². The highest BCUT2D eigenvalue weighted by Gasteiger charge is 2.30. The minimum Gasteiger partial charge on any atom is -0.366 e. The van der Waals surface area contributed by atoms with Gasteiger partial charge in [-0.25, -0.2) is 0 Å². The van der Waals surface area contributed by atoms with Gasteiger partial charge in [-0.2, -0.15) is 0 Å². The SMILES string of the molecule is O=C1CN=C(c2ccc(N3CCC(N4CCCCC4)CC3)c([N+](=O)[O-])c2)c2ccccc21. The van der Waals surface area contributed by atoms with Crippen molar-refractivity contribution in [3.05, 3.63) is 69.3 Å². The first-order valence-corrected chi connectivity index (χ1v) is 11.6. The van der Waals surface area contributed by atoms with Crippen LogP contribution in [0.3, 0.4) is 0 Å². The molecule has 2 aromatic carbocycles. The molecule has 166 valence electrons. The second-order valence-corrected chi connectivity index (χ2v) is 8.91.